The highest BCUT2D eigenvalue weighted by molar-refractivity contribution is 5.62. The van der Waals surface area contributed by atoms with E-state index in [-0.39, 0.29) is 0 Å². The number of hydrogen-bond acceptors (Lipinski definition) is 3. The highest BCUT2D eigenvalue weighted by atomic mass is 17.2. The van der Waals surface area contributed by atoms with E-state index in [0.717, 1.165) is 6.29 Å². The summed E-state index contributed by atoms with van der Waals surface area (Å²) in [5.41, 5.74) is -0.545. The van der Waals surface area contributed by atoms with E-state index in [1.165, 1.54) is 0 Å². The zero-order valence-electron chi connectivity index (χ0n) is 6.09. The Bertz CT molecular complexity index is 170. The summed E-state index contributed by atoms with van der Waals surface area (Å²) >= 11 is 0. The first-order valence-corrected chi connectivity index (χ1v) is 3.13. The number of carbonyl (C=O) groups is 1. The third-order valence-corrected chi connectivity index (χ3v) is 1.42. The first-order chi connectivity index (χ1) is 4.67. The normalized spacial score (nSPS) is 18.0. The fourth-order valence-corrected chi connectivity index (χ4v) is 0.670. The largest absolute Gasteiger partial charge is 0.341 e. The molecule has 56 valence electrons. The fourth-order valence-electron chi connectivity index (χ4n) is 0.670. The topological polar surface area (TPSA) is 35.5 Å². The van der Waals surface area contributed by atoms with E-state index in [9.17, 15) is 4.79 Å². The molecule has 0 amide bonds. The van der Waals surface area contributed by atoms with Crippen LogP contribution in [-0.4, -0.2) is 12.9 Å². The van der Waals surface area contributed by atoms with Gasteiger partial charge in [0.1, 0.15) is 12.9 Å². The van der Waals surface area contributed by atoms with Crippen LogP contribution in [0.15, 0.2) is 11.8 Å². The van der Waals surface area contributed by atoms with E-state index in [1.807, 2.05) is 0 Å². The van der Waals surface area contributed by atoms with E-state index in [1.54, 1.807) is 19.9 Å². The molecule has 1 aliphatic heterocycles. The van der Waals surface area contributed by atoms with Gasteiger partial charge in [-0.1, -0.05) is 0 Å². The maximum Gasteiger partial charge on any atom is 0.153 e. The van der Waals surface area contributed by atoms with Crippen LogP contribution in [0.2, 0.25) is 0 Å². The maximum atomic E-state index is 10.4. The second kappa shape index (κ2) is 2.42. The van der Waals surface area contributed by atoms with Gasteiger partial charge in [0.05, 0.1) is 5.41 Å². The van der Waals surface area contributed by atoms with Gasteiger partial charge in [0.25, 0.3) is 0 Å². The van der Waals surface area contributed by atoms with Gasteiger partial charge in [-0.3, -0.25) is 0 Å². The Morgan fingerprint density at radius 1 is 1.70 bits per heavy atom. The van der Waals surface area contributed by atoms with Crippen molar-refractivity contribution in [2.24, 2.45) is 5.41 Å². The van der Waals surface area contributed by atoms with Crippen LogP contribution < -0.4 is 0 Å². The third kappa shape index (κ3) is 1.19. The van der Waals surface area contributed by atoms with Crippen molar-refractivity contribution in [3.63, 3.8) is 0 Å². The molecular weight excluding hydrogens is 132 g/mol. The summed E-state index contributed by atoms with van der Waals surface area (Å²) < 4.78 is 0. The number of aldehydes is 1. The highest BCUT2D eigenvalue weighted by Crippen LogP contribution is 2.27. The van der Waals surface area contributed by atoms with E-state index in [4.69, 9.17) is 4.89 Å². The van der Waals surface area contributed by atoms with Crippen LogP contribution in [0.25, 0.3) is 0 Å². The Hall–Kier alpha value is -0.830. The van der Waals surface area contributed by atoms with Gasteiger partial charge in [0.15, 0.2) is 5.76 Å². The summed E-state index contributed by atoms with van der Waals surface area (Å²) in [7, 11) is 0. The summed E-state index contributed by atoms with van der Waals surface area (Å²) in [4.78, 5) is 19.8. The van der Waals surface area contributed by atoms with Gasteiger partial charge in [0, 0.05) is 0 Å². The number of carbonyl (C=O) groups excluding carboxylic acids is 1. The van der Waals surface area contributed by atoms with Crippen molar-refractivity contribution in [1.82, 2.24) is 0 Å². The Morgan fingerprint density at radius 2 is 2.40 bits per heavy atom. The Balaban J connectivity index is 2.71. The SMILES string of the molecule is CC(C)(C=O)C1=CCOO1. The monoisotopic (exact) mass is 142 g/mol. The third-order valence-electron chi connectivity index (χ3n) is 1.42. The Labute approximate surface area is 59.6 Å². The predicted octanol–water partition coefficient (Wildman–Crippen LogP) is 1.06. The smallest absolute Gasteiger partial charge is 0.153 e. The van der Waals surface area contributed by atoms with Crippen molar-refractivity contribution >= 4 is 6.29 Å². The number of allylic oxidation sites excluding steroid dienone is 1. The lowest BCUT2D eigenvalue weighted by Gasteiger charge is -2.14. The van der Waals surface area contributed by atoms with Crippen LogP contribution >= 0.6 is 0 Å². The lowest BCUT2D eigenvalue weighted by molar-refractivity contribution is -0.242. The molecule has 0 aliphatic carbocycles. The molecule has 0 fully saturated rings. The van der Waals surface area contributed by atoms with E-state index in [0.29, 0.717) is 12.4 Å². The molecule has 1 heterocycles. The second-order valence-corrected chi connectivity index (χ2v) is 2.78. The molecule has 0 saturated heterocycles. The molecule has 0 saturated carbocycles. The highest BCUT2D eigenvalue weighted by Gasteiger charge is 2.27. The van der Waals surface area contributed by atoms with Crippen molar-refractivity contribution in [3.8, 4) is 0 Å². The second-order valence-electron chi connectivity index (χ2n) is 2.78. The minimum Gasteiger partial charge on any atom is -0.341 e. The molecule has 0 bridgehead atoms. The summed E-state index contributed by atoms with van der Waals surface area (Å²) in [6.45, 7) is 3.99. The van der Waals surface area contributed by atoms with Gasteiger partial charge in [-0.2, -0.15) is 4.89 Å². The molecule has 0 spiro atoms. The van der Waals surface area contributed by atoms with Crippen LogP contribution in [0.1, 0.15) is 13.8 Å². The first-order valence-electron chi connectivity index (χ1n) is 3.13. The van der Waals surface area contributed by atoms with Crippen LogP contribution in [0.5, 0.6) is 0 Å². The summed E-state index contributed by atoms with van der Waals surface area (Å²) in [6, 6.07) is 0. The van der Waals surface area contributed by atoms with E-state index < -0.39 is 5.41 Å². The molecule has 3 nitrogen and oxygen atoms in total. The van der Waals surface area contributed by atoms with Gasteiger partial charge in [-0.25, -0.2) is 0 Å². The fraction of sp³-hybridized carbons (Fsp3) is 0.571. The molecule has 0 aromatic heterocycles. The maximum absolute atomic E-state index is 10.4. The Morgan fingerprint density at radius 3 is 2.80 bits per heavy atom. The van der Waals surface area contributed by atoms with Gasteiger partial charge >= 0.3 is 0 Å². The summed E-state index contributed by atoms with van der Waals surface area (Å²) in [6.07, 6.45) is 2.60. The molecule has 10 heavy (non-hydrogen) atoms. The van der Waals surface area contributed by atoms with Crippen molar-refractivity contribution < 1.29 is 14.6 Å². The molecule has 0 atom stereocenters. The van der Waals surface area contributed by atoms with Crippen molar-refractivity contribution in [1.29, 1.82) is 0 Å². The minimum absolute atomic E-state index is 0.437. The summed E-state index contributed by atoms with van der Waals surface area (Å²) in [5, 5.41) is 0. The first kappa shape index (κ1) is 7.28. The standard InChI is InChI=1S/C7H10O3/c1-7(2,5-8)6-3-4-9-10-6/h3,5H,4H2,1-2H3. The zero-order valence-corrected chi connectivity index (χ0v) is 6.09. The lowest BCUT2D eigenvalue weighted by atomic mass is 9.93. The number of hydrogen-bond donors (Lipinski definition) is 0. The molecule has 3 heteroatoms. The quantitative estimate of drug-likeness (QED) is 0.427. The van der Waals surface area contributed by atoms with Crippen LogP contribution in [0.4, 0.5) is 0 Å². The van der Waals surface area contributed by atoms with Gasteiger partial charge < -0.3 is 9.68 Å². The molecule has 1 rings (SSSR count). The van der Waals surface area contributed by atoms with E-state index >= 15 is 0 Å². The molecule has 0 radical (unpaired) electrons. The van der Waals surface area contributed by atoms with Gasteiger partial charge in [-0.05, 0) is 19.9 Å². The molecule has 1 aliphatic rings. The molecule has 0 unspecified atom stereocenters. The lowest BCUT2D eigenvalue weighted by Crippen LogP contribution is -2.16. The predicted molar refractivity (Wildman–Crippen MR) is 35.0 cm³/mol. The van der Waals surface area contributed by atoms with Gasteiger partial charge in [-0.15, -0.1) is 0 Å². The van der Waals surface area contributed by atoms with E-state index in [2.05, 4.69) is 4.89 Å². The van der Waals surface area contributed by atoms with Crippen molar-refractivity contribution in [2.45, 2.75) is 13.8 Å². The average Bonchev–Trinajstić information content (AvgIpc) is 2.38. The molecule has 0 aromatic rings. The zero-order chi connectivity index (χ0) is 7.61. The summed E-state index contributed by atoms with van der Waals surface area (Å²) in [5.74, 6) is 0.600. The van der Waals surface area contributed by atoms with Crippen molar-refractivity contribution in [3.05, 3.63) is 11.8 Å². The number of rotatable bonds is 2. The van der Waals surface area contributed by atoms with Crippen LogP contribution in [0, 0.1) is 5.41 Å². The molecule has 0 N–H and O–H groups in total. The van der Waals surface area contributed by atoms with Crippen LogP contribution in [0.3, 0.4) is 0 Å². The molecular formula is C7H10O3. The van der Waals surface area contributed by atoms with Gasteiger partial charge in [0.2, 0.25) is 0 Å². The van der Waals surface area contributed by atoms with Crippen LogP contribution in [-0.2, 0) is 14.6 Å². The minimum atomic E-state index is -0.545. The molecule has 0 aromatic carbocycles. The van der Waals surface area contributed by atoms with Crippen molar-refractivity contribution in [2.75, 3.05) is 6.61 Å². The average molecular weight is 142 g/mol. The Kier molecular flexibility index (Phi) is 1.76.